The first-order valence-corrected chi connectivity index (χ1v) is 8.99. The molecule has 2 rings (SSSR count). The number of amides is 2. The van der Waals surface area contributed by atoms with E-state index in [-0.39, 0.29) is 17.9 Å². The average molecular weight is 354 g/mol. The highest BCUT2D eigenvalue weighted by atomic mass is 16.5. The average Bonchev–Trinajstić information content (AvgIpc) is 2.66. The van der Waals surface area contributed by atoms with E-state index in [0.29, 0.717) is 23.4 Å². The zero-order valence-electron chi connectivity index (χ0n) is 15.5. The van der Waals surface area contributed by atoms with Crippen molar-refractivity contribution < 1.29 is 14.3 Å². The number of anilines is 1. The van der Waals surface area contributed by atoms with E-state index in [9.17, 15) is 9.59 Å². The number of nitrogens with one attached hydrogen (secondary N) is 2. The summed E-state index contributed by atoms with van der Waals surface area (Å²) in [6.07, 6.45) is 1.93. The van der Waals surface area contributed by atoms with Crippen LogP contribution in [0.4, 0.5) is 5.69 Å². The summed E-state index contributed by atoms with van der Waals surface area (Å²) in [6, 6.07) is 13.9. The lowest BCUT2D eigenvalue weighted by atomic mass is 10.1. The molecule has 26 heavy (non-hydrogen) atoms. The molecule has 2 aromatic carbocycles. The van der Waals surface area contributed by atoms with Crippen molar-refractivity contribution in [2.24, 2.45) is 0 Å². The molecule has 0 fully saturated rings. The number of carbonyl (C=O) groups is 2. The highest BCUT2D eigenvalue weighted by Gasteiger charge is 2.10. The monoisotopic (exact) mass is 354 g/mol. The number of hydrogen-bond donors (Lipinski definition) is 2. The molecule has 1 atom stereocenters. The molecule has 0 aromatic heterocycles. The van der Waals surface area contributed by atoms with Crippen LogP contribution in [0.25, 0.3) is 0 Å². The van der Waals surface area contributed by atoms with Gasteiger partial charge in [-0.25, -0.2) is 0 Å². The van der Waals surface area contributed by atoms with Gasteiger partial charge in [0.2, 0.25) is 0 Å². The van der Waals surface area contributed by atoms with Crippen LogP contribution in [0.5, 0.6) is 5.75 Å². The highest BCUT2D eigenvalue weighted by Crippen LogP contribution is 2.17. The Kier molecular flexibility index (Phi) is 7.21. The van der Waals surface area contributed by atoms with Crippen molar-refractivity contribution in [3.05, 3.63) is 59.7 Å². The minimum absolute atomic E-state index is 0.135. The van der Waals surface area contributed by atoms with Gasteiger partial charge in [0.05, 0.1) is 6.10 Å². The van der Waals surface area contributed by atoms with Gasteiger partial charge in [0.15, 0.2) is 0 Å². The lowest BCUT2D eigenvalue weighted by molar-refractivity contribution is 0.0952. The smallest absolute Gasteiger partial charge is 0.255 e. The highest BCUT2D eigenvalue weighted by molar-refractivity contribution is 6.05. The summed E-state index contributed by atoms with van der Waals surface area (Å²) in [5, 5.41) is 5.64. The fourth-order valence-corrected chi connectivity index (χ4v) is 2.28. The van der Waals surface area contributed by atoms with E-state index in [0.717, 1.165) is 18.6 Å². The first-order valence-electron chi connectivity index (χ1n) is 8.99. The number of rotatable bonds is 8. The van der Waals surface area contributed by atoms with Gasteiger partial charge in [-0.05, 0) is 62.2 Å². The lowest BCUT2D eigenvalue weighted by Gasteiger charge is -2.13. The number of hydrogen-bond acceptors (Lipinski definition) is 3. The number of ether oxygens (including phenoxy) is 1. The number of carbonyl (C=O) groups excluding carboxylic acids is 2. The quantitative estimate of drug-likeness (QED) is 0.744. The van der Waals surface area contributed by atoms with Gasteiger partial charge >= 0.3 is 0 Å². The standard InChI is InChI=1S/C21H26N2O3/c1-4-13-22-20(24)17-7-6-8-18(14-17)23-21(25)16-9-11-19(12-10-16)26-15(3)5-2/h6-12,14-15H,4-5,13H2,1-3H3,(H,22,24)(H,23,25). The Bertz CT molecular complexity index is 741. The molecular formula is C21H26N2O3. The zero-order valence-corrected chi connectivity index (χ0v) is 15.5. The van der Waals surface area contributed by atoms with E-state index in [1.165, 1.54) is 0 Å². The van der Waals surface area contributed by atoms with Gasteiger partial charge < -0.3 is 15.4 Å². The minimum atomic E-state index is -0.230. The number of benzene rings is 2. The first-order chi connectivity index (χ1) is 12.5. The third kappa shape index (κ3) is 5.62. The molecule has 0 bridgehead atoms. The Labute approximate surface area is 154 Å². The van der Waals surface area contributed by atoms with Crippen LogP contribution in [0.3, 0.4) is 0 Å². The van der Waals surface area contributed by atoms with Crippen LogP contribution >= 0.6 is 0 Å². The van der Waals surface area contributed by atoms with Crippen LogP contribution in [-0.2, 0) is 0 Å². The van der Waals surface area contributed by atoms with Crippen molar-refractivity contribution in [1.29, 1.82) is 0 Å². The molecule has 138 valence electrons. The fraction of sp³-hybridized carbons (Fsp3) is 0.333. The van der Waals surface area contributed by atoms with E-state index in [1.807, 2.05) is 13.8 Å². The van der Waals surface area contributed by atoms with Crippen molar-refractivity contribution in [2.45, 2.75) is 39.7 Å². The molecule has 5 heteroatoms. The normalized spacial score (nSPS) is 11.5. The Morgan fingerprint density at radius 1 is 1.00 bits per heavy atom. The van der Waals surface area contributed by atoms with Crippen LogP contribution < -0.4 is 15.4 Å². The SMILES string of the molecule is CCCNC(=O)c1cccc(NC(=O)c2ccc(OC(C)CC)cc2)c1. The molecule has 0 spiro atoms. The lowest BCUT2D eigenvalue weighted by Crippen LogP contribution is -2.24. The van der Waals surface area contributed by atoms with E-state index < -0.39 is 0 Å². The van der Waals surface area contributed by atoms with Gasteiger partial charge in [0, 0.05) is 23.4 Å². The second kappa shape index (κ2) is 9.61. The maximum atomic E-state index is 12.4. The van der Waals surface area contributed by atoms with Crippen LogP contribution in [0.15, 0.2) is 48.5 Å². The largest absolute Gasteiger partial charge is 0.491 e. The van der Waals surface area contributed by atoms with Gasteiger partial charge in [-0.3, -0.25) is 9.59 Å². The van der Waals surface area contributed by atoms with E-state index in [1.54, 1.807) is 48.5 Å². The molecule has 1 unspecified atom stereocenters. The molecule has 2 aromatic rings. The molecule has 0 aliphatic rings. The second-order valence-corrected chi connectivity index (χ2v) is 6.15. The van der Waals surface area contributed by atoms with Gasteiger partial charge in [0.1, 0.15) is 5.75 Å². The summed E-state index contributed by atoms with van der Waals surface area (Å²) < 4.78 is 5.71. The van der Waals surface area contributed by atoms with E-state index in [2.05, 4.69) is 17.6 Å². The summed E-state index contributed by atoms with van der Waals surface area (Å²) in [5.41, 5.74) is 1.63. The van der Waals surface area contributed by atoms with Crippen LogP contribution in [0, 0.1) is 0 Å². The minimum Gasteiger partial charge on any atom is -0.491 e. The van der Waals surface area contributed by atoms with Gasteiger partial charge in [-0.15, -0.1) is 0 Å². The predicted molar refractivity (Wildman–Crippen MR) is 104 cm³/mol. The zero-order chi connectivity index (χ0) is 18.9. The topological polar surface area (TPSA) is 67.4 Å². The molecule has 0 heterocycles. The van der Waals surface area contributed by atoms with Crippen LogP contribution in [-0.4, -0.2) is 24.5 Å². The van der Waals surface area contributed by atoms with E-state index in [4.69, 9.17) is 4.74 Å². The molecule has 0 saturated heterocycles. The molecule has 5 nitrogen and oxygen atoms in total. The first kappa shape index (κ1) is 19.5. The van der Waals surface area contributed by atoms with Crippen molar-refractivity contribution in [3.63, 3.8) is 0 Å². The Balaban J connectivity index is 2.02. The molecular weight excluding hydrogens is 328 g/mol. The molecule has 0 aliphatic carbocycles. The summed E-state index contributed by atoms with van der Waals surface area (Å²) in [4.78, 5) is 24.4. The molecule has 0 radical (unpaired) electrons. The second-order valence-electron chi connectivity index (χ2n) is 6.15. The molecule has 0 aliphatic heterocycles. The van der Waals surface area contributed by atoms with Gasteiger partial charge in [0.25, 0.3) is 11.8 Å². The van der Waals surface area contributed by atoms with Crippen LogP contribution in [0.2, 0.25) is 0 Å². The molecule has 0 saturated carbocycles. The van der Waals surface area contributed by atoms with Crippen molar-refractivity contribution >= 4 is 17.5 Å². The maximum Gasteiger partial charge on any atom is 0.255 e. The van der Waals surface area contributed by atoms with Crippen molar-refractivity contribution in [3.8, 4) is 5.75 Å². The van der Waals surface area contributed by atoms with Gasteiger partial charge in [-0.1, -0.05) is 19.9 Å². The molecule has 2 N–H and O–H groups in total. The van der Waals surface area contributed by atoms with Crippen molar-refractivity contribution in [2.75, 3.05) is 11.9 Å². The fourth-order valence-electron chi connectivity index (χ4n) is 2.28. The summed E-state index contributed by atoms with van der Waals surface area (Å²) >= 11 is 0. The van der Waals surface area contributed by atoms with Gasteiger partial charge in [-0.2, -0.15) is 0 Å². The summed E-state index contributed by atoms with van der Waals surface area (Å²) in [7, 11) is 0. The third-order valence-corrected chi connectivity index (χ3v) is 3.95. The van der Waals surface area contributed by atoms with E-state index >= 15 is 0 Å². The molecule has 2 amide bonds. The van der Waals surface area contributed by atoms with Crippen molar-refractivity contribution in [1.82, 2.24) is 5.32 Å². The summed E-state index contributed by atoms with van der Waals surface area (Å²) in [5.74, 6) is 0.367. The third-order valence-electron chi connectivity index (χ3n) is 3.95. The van der Waals surface area contributed by atoms with Crippen LogP contribution in [0.1, 0.15) is 54.3 Å². The Hall–Kier alpha value is -2.82. The summed E-state index contributed by atoms with van der Waals surface area (Å²) in [6.45, 7) is 6.68. The Morgan fingerprint density at radius 2 is 1.73 bits per heavy atom. The maximum absolute atomic E-state index is 12.4. The predicted octanol–water partition coefficient (Wildman–Crippen LogP) is 4.26. The Morgan fingerprint density at radius 3 is 2.38 bits per heavy atom.